The number of unbranched alkanes of at least 4 members (excludes halogenated alkanes) is 1. The Balaban J connectivity index is 2.52. The summed E-state index contributed by atoms with van der Waals surface area (Å²) in [7, 11) is 5.16. The summed E-state index contributed by atoms with van der Waals surface area (Å²) in [6.07, 6.45) is 3.97. The van der Waals surface area contributed by atoms with Gasteiger partial charge in [-0.1, -0.05) is 18.2 Å². The lowest BCUT2D eigenvalue weighted by Gasteiger charge is -2.21. The fraction of sp³-hybridized carbons (Fsp3) is 0.412. The minimum absolute atomic E-state index is 0.322. The van der Waals surface area contributed by atoms with Crippen LogP contribution in [0.5, 0.6) is 0 Å². The number of nitrogens with zero attached hydrogens (tertiary/aromatic N) is 2. The Bertz CT molecular complexity index is 509. The zero-order valence-electron chi connectivity index (χ0n) is 13.6. The highest BCUT2D eigenvalue weighted by Crippen LogP contribution is 2.06. The predicted octanol–water partition coefficient (Wildman–Crippen LogP) is 2.45. The van der Waals surface area contributed by atoms with Gasteiger partial charge in [0.2, 0.25) is 0 Å². The number of ether oxygens (including phenoxy) is 1. The van der Waals surface area contributed by atoms with Crippen LogP contribution in [0.2, 0.25) is 0 Å². The number of carbonyl (C=O) groups is 1. The van der Waals surface area contributed by atoms with Gasteiger partial charge >= 0.3 is 5.97 Å². The second-order valence-electron chi connectivity index (χ2n) is 4.94. The largest absolute Gasteiger partial charge is 0.465 e. The van der Waals surface area contributed by atoms with Gasteiger partial charge in [0, 0.05) is 27.2 Å². The van der Waals surface area contributed by atoms with Gasteiger partial charge < -0.3 is 15.0 Å². The molecule has 22 heavy (non-hydrogen) atoms. The molecule has 0 fully saturated rings. The molecule has 0 heterocycles. The number of guanidine groups is 1. The number of benzene rings is 1. The molecular formula is C17H25N3O2. The van der Waals surface area contributed by atoms with Crippen molar-refractivity contribution in [1.29, 1.82) is 0 Å². The van der Waals surface area contributed by atoms with E-state index in [-0.39, 0.29) is 5.97 Å². The average Bonchev–Trinajstić information content (AvgIpc) is 2.55. The number of nitrogens with one attached hydrogen (secondary N) is 1. The number of methoxy groups -OCH3 is 1. The Morgan fingerprint density at radius 1 is 1.41 bits per heavy atom. The highest BCUT2D eigenvalue weighted by molar-refractivity contribution is 5.89. The van der Waals surface area contributed by atoms with Crippen LogP contribution in [0.1, 0.15) is 28.8 Å². The zero-order valence-corrected chi connectivity index (χ0v) is 13.6. The number of hydrogen-bond donors (Lipinski definition) is 1. The fourth-order valence-corrected chi connectivity index (χ4v) is 2.02. The lowest BCUT2D eigenvalue weighted by Crippen LogP contribution is -2.38. The molecule has 1 rings (SSSR count). The maximum absolute atomic E-state index is 11.4. The van der Waals surface area contributed by atoms with Crippen LogP contribution in [-0.4, -0.2) is 44.6 Å². The van der Waals surface area contributed by atoms with Crippen molar-refractivity contribution in [3.63, 3.8) is 0 Å². The van der Waals surface area contributed by atoms with E-state index in [1.54, 1.807) is 19.2 Å². The summed E-state index contributed by atoms with van der Waals surface area (Å²) < 4.78 is 4.68. The standard InChI is InChI=1S/C17H25N3O2/c1-5-6-7-12-20(3)17(18-2)19-13-14-8-10-15(11-9-14)16(21)22-4/h5,8-11H,1,6-7,12-13H2,2-4H3,(H,18,19). The third kappa shape index (κ3) is 5.60. The van der Waals surface area contributed by atoms with Gasteiger partial charge in [-0.3, -0.25) is 4.99 Å². The molecule has 0 spiro atoms. The van der Waals surface area contributed by atoms with E-state index in [0.29, 0.717) is 12.1 Å². The van der Waals surface area contributed by atoms with Gasteiger partial charge in [0.1, 0.15) is 0 Å². The van der Waals surface area contributed by atoms with E-state index in [4.69, 9.17) is 0 Å². The molecule has 0 amide bonds. The van der Waals surface area contributed by atoms with E-state index in [1.165, 1.54) is 7.11 Å². The number of aliphatic imine (C=N–C) groups is 1. The van der Waals surface area contributed by atoms with Gasteiger partial charge in [0.05, 0.1) is 12.7 Å². The number of rotatable bonds is 7. The Morgan fingerprint density at radius 2 is 2.09 bits per heavy atom. The zero-order chi connectivity index (χ0) is 16.4. The molecule has 0 radical (unpaired) electrons. The highest BCUT2D eigenvalue weighted by atomic mass is 16.5. The molecule has 120 valence electrons. The van der Waals surface area contributed by atoms with Crippen molar-refractivity contribution in [1.82, 2.24) is 10.2 Å². The van der Waals surface area contributed by atoms with Crippen LogP contribution in [0.25, 0.3) is 0 Å². The normalized spacial score (nSPS) is 11.0. The molecule has 0 aliphatic rings. The van der Waals surface area contributed by atoms with Crippen LogP contribution < -0.4 is 5.32 Å². The maximum Gasteiger partial charge on any atom is 0.337 e. The Morgan fingerprint density at radius 3 is 2.64 bits per heavy atom. The number of hydrogen-bond acceptors (Lipinski definition) is 3. The predicted molar refractivity (Wildman–Crippen MR) is 90.0 cm³/mol. The third-order valence-electron chi connectivity index (χ3n) is 3.30. The van der Waals surface area contributed by atoms with E-state index < -0.39 is 0 Å². The molecule has 5 heteroatoms. The van der Waals surface area contributed by atoms with Gasteiger partial charge in [-0.2, -0.15) is 0 Å². The molecule has 0 saturated carbocycles. The summed E-state index contributed by atoms with van der Waals surface area (Å²) in [6.45, 7) is 5.30. The minimum Gasteiger partial charge on any atom is -0.465 e. The molecule has 0 atom stereocenters. The first-order valence-corrected chi connectivity index (χ1v) is 7.32. The van der Waals surface area contributed by atoms with E-state index in [1.807, 2.05) is 25.3 Å². The van der Waals surface area contributed by atoms with Crippen molar-refractivity contribution in [3.05, 3.63) is 48.0 Å². The molecule has 0 aliphatic heterocycles. The summed E-state index contributed by atoms with van der Waals surface area (Å²) in [5.41, 5.74) is 1.63. The fourth-order valence-electron chi connectivity index (χ4n) is 2.02. The average molecular weight is 303 g/mol. The Kier molecular flexibility index (Phi) is 7.75. The molecule has 1 aromatic rings. The van der Waals surface area contributed by atoms with Crippen molar-refractivity contribution in [2.75, 3.05) is 27.7 Å². The van der Waals surface area contributed by atoms with Crippen LogP contribution >= 0.6 is 0 Å². The summed E-state index contributed by atoms with van der Waals surface area (Å²) in [5, 5.41) is 3.31. The summed E-state index contributed by atoms with van der Waals surface area (Å²) in [5.74, 6) is 0.526. The monoisotopic (exact) mass is 303 g/mol. The summed E-state index contributed by atoms with van der Waals surface area (Å²) in [4.78, 5) is 17.7. The SMILES string of the molecule is C=CCCCN(C)C(=NC)NCc1ccc(C(=O)OC)cc1. The van der Waals surface area contributed by atoms with Crippen LogP contribution in [0.15, 0.2) is 41.9 Å². The molecule has 0 saturated heterocycles. The number of carbonyl (C=O) groups excluding carboxylic acids is 1. The smallest absolute Gasteiger partial charge is 0.337 e. The highest BCUT2D eigenvalue weighted by Gasteiger charge is 2.06. The molecular weight excluding hydrogens is 278 g/mol. The maximum atomic E-state index is 11.4. The van der Waals surface area contributed by atoms with Crippen LogP contribution in [0.4, 0.5) is 0 Å². The molecule has 0 aromatic heterocycles. The second kappa shape index (κ2) is 9.60. The van der Waals surface area contributed by atoms with E-state index >= 15 is 0 Å². The van der Waals surface area contributed by atoms with Crippen molar-refractivity contribution in [2.24, 2.45) is 4.99 Å². The molecule has 5 nitrogen and oxygen atoms in total. The quantitative estimate of drug-likeness (QED) is 0.276. The molecule has 0 bridgehead atoms. The first-order chi connectivity index (χ1) is 10.6. The third-order valence-corrected chi connectivity index (χ3v) is 3.30. The van der Waals surface area contributed by atoms with Crippen LogP contribution in [0.3, 0.4) is 0 Å². The number of esters is 1. The summed E-state index contributed by atoms with van der Waals surface area (Å²) in [6, 6.07) is 7.34. The first kappa shape index (κ1) is 17.8. The van der Waals surface area contributed by atoms with E-state index in [0.717, 1.165) is 30.9 Å². The van der Waals surface area contributed by atoms with Crippen molar-refractivity contribution >= 4 is 11.9 Å². The van der Waals surface area contributed by atoms with Crippen molar-refractivity contribution in [3.8, 4) is 0 Å². The molecule has 1 N–H and O–H groups in total. The first-order valence-electron chi connectivity index (χ1n) is 7.32. The molecule has 1 aromatic carbocycles. The van der Waals surface area contributed by atoms with Gasteiger partial charge in [0.25, 0.3) is 0 Å². The van der Waals surface area contributed by atoms with Gasteiger partial charge in [-0.15, -0.1) is 6.58 Å². The van der Waals surface area contributed by atoms with Gasteiger partial charge in [-0.05, 0) is 30.5 Å². The van der Waals surface area contributed by atoms with Gasteiger partial charge in [0.15, 0.2) is 5.96 Å². The molecule has 0 unspecified atom stereocenters. The second-order valence-corrected chi connectivity index (χ2v) is 4.94. The lowest BCUT2D eigenvalue weighted by atomic mass is 10.1. The molecule has 0 aliphatic carbocycles. The number of allylic oxidation sites excluding steroid dienone is 1. The minimum atomic E-state index is -0.322. The summed E-state index contributed by atoms with van der Waals surface area (Å²) >= 11 is 0. The van der Waals surface area contributed by atoms with E-state index in [9.17, 15) is 4.79 Å². The van der Waals surface area contributed by atoms with Crippen LogP contribution in [-0.2, 0) is 11.3 Å². The Labute approximate surface area is 132 Å². The van der Waals surface area contributed by atoms with Gasteiger partial charge in [-0.25, -0.2) is 4.79 Å². The van der Waals surface area contributed by atoms with Crippen molar-refractivity contribution < 1.29 is 9.53 Å². The van der Waals surface area contributed by atoms with E-state index in [2.05, 4.69) is 26.5 Å². The van der Waals surface area contributed by atoms with Crippen LogP contribution in [0, 0.1) is 0 Å². The topological polar surface area (TPSA) is 53.9 Å². The van der Waals surface area contributed by atoms with Crippen molar-refractivity contribution in [2.45, 2.75) is 19.4 Å². The lowest BCUT2D eigenvalue weighted by molar-refractivity contribution is 0.0600. The Hall–Kier alpha value is -2.30.